The molecule has 0 atom stereocenters. The highest BCUT2D eigenvalue weighted by atomic mass is 32.1. The molecule has 0 saturated heterocycles. The van der Waals surface area contributed by atoms with Crippen LogP contribution in [0.4, 0.5) is 17.3 Å². The first kappa shape index (κ1) is 21.4. The molecule has 4 heterocycles. The number of thiophene rings is 1. The summed E-state index contributed by atoms with van der Waals surface area (Å²) in [7, 11) is 1.82. The van der Waals surface area contributed by atoms with Crippen LogP contribution in [0.15, 0.2) is 47.8 Å². The van der Waals surface area contributed by atoms with Crippen LogP contribution in [0.5, 0.6) is 0 Å². The fourth-order valence-electron chi connectivity index (χ4n) is 4.70. The van der Waals surface area contributed by atoms with Crippen LogP contribution in [0, 0.1) is 0 Å². The molecule has 0 aliphatic carbocycles. The summed E-state index contributed by atoms with van der Waals surface area (Å²) in [6, 6.07) is 12.7. The van der Waals surface area contributed by atoms with E-state index in [4.69, 9.17) is 0 Å². The topological polar surface area (TPSA) is 108 Å². The van der Waals surface area contributed by atoms with Crippen LogP contribution in [0.2, 0.25) is 0 Å². The van der Waals surface area contributed by atoms with Crippen LogP contribution in [-0.2, 0) is 13.0 Å². The van der Waals surface area contributed by atoms with Crippen LogP contribution in [0.1, 0.15) is 36.6 Å². The van der Waals surface area contributed by atoms with Gasteiger partial charge in [0.25, 0.3) is 11.8 Å². The summed E-state index contributed by atoms with van der Waals surface area (Å²) < 4.78 is 2.60. The van der Waals surface area contributed by atoms with Crippen molar-refractivity contribution in [2.45, 2.75) is 13.0 Å². The van der Waals surface area contributed by atoms with Gasteiger partial charge in [-0.1, -0.05) is 6.07 Å². The van der Waals surface area contributed by atoms with Gasteiger partial charge in [0.15, 0.2) is 5.82 Å². The molecule has 0 radical (unpaired) electrons. The number of aromatic carboxylic acids is 1. The quantitative estimate of drug-likeness (QED) is 0.453. The highest BCUT2D eigenvalue weighted by molar-refractivity contribution is 7.17. The van der Waals surface area contributed by atoms with Gasteiger partial charge in [-0.2, -0.15) is 5.10 Å². The second-order valence-electron chi connectivity index (χ2n) is 8.70. The first-order valence-corrected chi connectivity index (χ1v) is 12.1. The molecule has 10 heteroatoms. The van der Waals surface area contributed by atoms with E-state index in [2.05, 4.69) is 21.4 Å². The Bertz CT molecular complexity index is 1540. The Hall–Kier alpha value is -4.18. The number of carbonyl (C=O) groups excluding carboxylic acids is 2. The third-order valence-corrected chi connectivity index (χ3v) is 7.52. The van der Waals surface area contributed by atoms with Gasteiger partial charge in [0, 0.05) is 58.5 Å². The van der Waals surface area contributed by atoms with Crippen molar-refractivity contribution in [1.29, 1.82) is 0 Å². The molecule has 0 spiro atoms. The number of carboxylic acid groups (broad SMARTS) is 1. The molecule has 2 aliphatic heterocycles. The number of aromatic nitrogens is 2. The first-order chi connectivity index (χ1) is 16.9. The zero-order valence-electron chi connectivity index (χ0n) is 18.8. The maximum Gasteiger partial charge on any atom is 0.337 e. The van der Waals surface area contributed by atoms with Crippen LogP contribution in [-0.4, -0.2) is 57.7 Å². The molecule has 35 heavy (non-hydrogen) atoms. The predicted molar refractivity (Wildman–Crippen MR) is 133 cm³/mol. The van der Waals surface area contributed by atoms with Crippen LogP contribution >= 0.6 is 11.3 Å². The third kappa shape index (κ3) is 3.53. The van der Waals surface area contributed by atoms with E-state index in [1.54, 1.807) is 28.5 Å². The lowest BCUT2D eigenvalue weighted by Gasteiger charge is -2.26. The second-order valence-corrected chi connectivity index (χ2v) is 9.61. The molecule has 2 aromatic carbocycles. The zero-order chi connectivity index (χ0) is 24.3. The number of rotatable bonds is 4. The number of nitrogens with zero attached hydrogens (tertiary/aromatic N) is 4. The van der Waals surface area contributed by atoms with Gasteiger partial charge >= 0.3 is 5.97 Å². The minimum absolute atomic E-state index is 0.0502. The van der Waals surface area contributed by atoms with Crippen molar-refractivity contribution in [2.24, 2.45) is 0 Å². The number of nitrogens with one attached hydrogen (secondary N) is 1. The molecule has 6 rings (SSSR count). The molecule has 4 aromatic rings. The summed E-state index contributed by atoms with van der Waals surface area (Å²) in [5.41, 5.74) is 3.47. The average Bonchev–Trinajstić information content (AvgIpc) is 3.55. The highest BCUT2D eigenvalue weighted by Crippen LogP contribution is 2.34. The van der Waals surface area contributed by atoms with Crippen molar-refractivity contribution in [3.8, 4) is 0 Å². The van der Waals surface area contributed by atoms with Gasteiger partial charge in [-0.25, -0.2) is 9.48 Å². The third-order valence-electron chi connectivity index (χ3n) is 6.57. The Morgan fingerprint density at radius 2 is 1.94 bits per heavy atom. The number of anilines is 3. The number of fused-ring (bicyclic) bond motifs is 3. The average molecular weight is 488 g/mol. The molecule has 2 amide bonds. The van der Waals surface area contributed by atoms with Gasteiger partial charge in [-0.3, -0.25) is 9.59 Å². The zero-order valence-corrected chi connectivity index (χ0v) is 19.6. The smallest absolute Gasteiger partial charge is 0.337 e. The Balaban J connectivity index is 1.23. The van der Waals surface area contributed by atoms with E-state index in [1.807, 2.05) is 29.9 Å². The van der Waals surface area contributed by atoms with E-state index in [-0.39, 0.29) is 17.4 Å². The summed E-state index contributed by atoms with van der Waals surface area (Å²) in [4.78, 5) is 40.5. The maximum atomic E-state index is 12.9. The summed E-state index contributed by atoms with van der Waals surface area (Å²) in [5.74, 6) is 0.0794. The number of hydrogen-bond donors (Lipinski definition) is 2. The van der Waals surface area contributed by atoms with Gasteiger partial charge in [0.2, 0.25) is 0 Å². The fraction of sp³-hybridized carbons (Fsp3) is 0.200. The van der Waals surface area contributed by atoms with E-state index < -0.39 is 5.97 Å². The van der Waals surface area contributed by atoms with Gasteiger partial charge < -0.3 is 20.2 Å². The van der Waals surface area contributed by atoms with E-state index in [0.29, 0.717) is 29.9 Å². The van der Waals surface area contributed by atoms with Gasteiger partial charge in [0.05, 0.1) is 12.1 Å². The van der Waals surface area contributed by atoms with Crippen LogP contribution in [0.25, 0.3) is 10.1 Å². The summed E-state index contributed by atoms with van der Waals surface area (Å²) in [6.07, 6.45) is 0.822. The molecular formula is C25H21N5O4S. The summed E-state index contributed by atoms with van der Waals surface area (Å²) in [5, 5.41) is 18.9. The van der Waals surface area contributed by atoms with Crippen molar-refractivity contribution in [1.82, 2.24) is 14.7 Å². The van der Waals surface area contributed by atoms with Crippen molar-refractivity contribution in [3.05, 3.63) is 70.1 Å². The van der Waals surface area contributed by atoms with Gasteiger partial charge in [0.1, 0.15) is 5.82 Å². The largest absolute Gasteiger partial charge is 0.478 e. The number of benzene rings is 2. The summed E-state index contributed by atoms with van der Waals surface area (Å²) >= 11 is 1.30. The van der Waals surface area contributed by atoms with Crippen molar-refractivity contribution in [3.63, 3.8) is 0 Å². The molecule has 0 saturated carbocycles. The normalized spacial score (nSPS) is 14.8. The van der Waals surface area contributed by atoms with Crippen molar-refractivity contribution >= 4 is 56.5 Å². The number of likely N-dealkylation sites (N-methyl/N-ethyl adjacent to an activating group) is 1. The van der Waals surface area contributed by atoms with Crippen molar-refractivity contribution in [2.75, 3.05) is 30.4 Å². The molecule has 9 nitrogen and oxygen atoms in total. The molecule has 0 unspecified atom stereocenters. The van der Waals surface area contributed by atoms with Crippen LogP contribution < -0.4 is 10.2 Å². The maximum absolute atomic E-state index is 12.9. The molecule has 2 N–H and O–H groups in total. The molecule has 2 aromatic heterocycles. The minimum atomic E-state index is -0.983. The number of carboxylic acids is 1. The predicted octanol–water partition coefficient (Wildman–Crippen LogP) is 3.83. The molecule has 0 bridgehead atoms. The monoisotopic (exact) mass is 487 g/mol. The highest BCUT2D eigenvalue weighted by Gasteiger charge is 2.27. The number of carbonyl (C=O) groups is 3. The van der Waals surface area contributed by atoms with Crippen LogP contribution in [0.3, 0.4) is 0 Å². The van der Waals surface area contributed by atoms with Crippen molar-refractivity contribution < 1.29 is 19.5 Å². The Morgan fingerprint density at radius 3 is 2.77 bits per heavy atom. The molecule has 0 fully saturated rings. The van der Waals surface area contributed by atoms with Gasteiger partial charge in [-0.15, -0.1) is 11.3 Å². The van der Waals surface area contributed by atoms with E-state index in [9.17, 15) is 19.5 Å². The lowest BCUT2D eigenvalue weighted by molar-refractivity contribution is 0.0698. The Kier molecular flexibility index (Phi) is 4.85. The van der Waals surface area contributed by atoms with E-state index >= 15 is 0 Å². The standard InChI is InChI=1S/C25H21N5O4S/c1-28-7-6-14-10-16(3-5-17(14)24(28)32)29-8-9-30-22(29)12-21(27-30)26-23(31)15-2-4-18-19(25(33)34)13-35-20(18)11-15/h2-5,10-13H,6-9H2,1H3,(H,33,34)(H,26,27,31). The minimum Gasteiger partial charge on any atom is -0.478 e. The Labute approximate surface area is 204 Å². The Morgan fingerprint density at radius 1 is 1.09 bits per heavy atom. The lowest BCUT2D eigenvalue weighted by atomic mass is 9.98. The lowest BCUT2D eigenvalue weighted by Crippen LogP contribution is -2.34. The molecule has 176 valence electrons. The van der Waals surface area contributed by atoms with E-state index in [0.717, 1.165) is 40.3 Å². The second kappa shape index (κ2) is 7.95. The number of amides is 2. The molecule has 2 aliphatic rings. The summed E-state index contributed by atoms with van der Waals surface area (Å²) in [6.45, 7) is 2.14. The van der Waals surface area contributed by atoms with E-state index in [1.165, 1.54) is 11.3 Å². The van der Waals surface area contributed by atoms with Gasteiger partial charge in [-0.05, 0) is 42.3 Å². The first-order valence-electron chi connectivity index (χ1n) is 11.2. The molecular weight excluding hydrogens is 466 g/mol. The number of hydrogen-bond acceptors (Lipinski definition) is 6. The SMILES string of the molecule is CN1CCc2cc(N3CCn4nc(NC(=O)c5ccc6c(C(=O)O)csc6c5)cc43)ccc2C1=O. The fourth-order valence-corrected chi connectivity index (χ4v) is 5.68.